The minimum atomic E-state index is -0.457. The van der Waals surface area contributed by atoms with Gasteiger partial charge in [-0.25, -0.2) is 0 Å². The maximum absolute atomic E-state index is 10.7. The lowest BCUT2D eigenvalue weighted by Crippen LogP contribution is -2.42. The van der Waals surface area contributed by atoms with E-state index in [1.165, 1.54) is 9.75 Å². The molecular weight excluding hydrogens is 242 g/mol. The molecule has 0 bridgehead atoms. The van der Waals surface area contributed by atoms with Crippen molar-refractivity contribution in [2.45, 2.75) is 64.0 Å². The van der Waals surface area contributed by atoms with Crippen LogP contribution in [-0.4, -0.2) is 23.3 Å². The third-order valence-electron chi connectivity index (χ3n) is 3.98. The molecule has 0 atom stereocenters. The van der Waals surface area contributed by atoms with Crippen LogP contribution in [0.5, 0.6) is 0 Å². The van der Waals surface area contributed by atoms with Crippen molar-refractivity contribution in [3.8, 4) is 0 Å². The van der Waals surface area contributed by atoms with Crippen molar-refractivity contribution in [3.63, 3.8) is 0 Å². The van der Waals surface area contributed by atoms with E-state index in [4.69, 9.17) is 0 Å². The normalized spacial score (nSPS) is 28.5. The molecule has 3 heteroatoms. The Morgan fingerprint density at radius 2 is 1.94 bits per heavy atom. The molecule has 1 heterocycles. The number of nitrogens with one attached hydrogen (secondary N) is 1. The molecule has 1 fully saturated rings. The first-order valence-corrected chi connectivity index (χ1v) is 8.00. The van der Waals surface area contributed by atoms with Gasteiger partial charge in [0, 0.05) is 22.2 Å². The Labute approximate surface area is 114 Å². The average Bonchev–Trinajstić information content (AvgIpc) is 2.80. The molecule has 102 valence electrons. The van der Waals surface area contributed by atoms with Gasteiger partial charge in [0.1, 0.15) is 0 Å². The van der Waals surface area contributed by atoms with Crippen LogP contribution in [0, 0.1) is 0 Å². The summed E-state index contributed by atoms with van der Waals surface area (Å²) >= 11 is 1.86. The van der Waals surface area contributed by atoms with Gasteiger partial charge < -0.3 is 10.4 Å². The van der Waals surface area contributed by atoms with Crippen molar-refractivity contribution in [3.05, 3.63) is 21.9 Å². The van der Waals surface area contributed by atoms with E-state index >= 15 is 0 Å². The fraction of sp³-hybridized carbons (Fsp3) is 0.733. The van der Waals surface area contributed by atoms with E-state index in [1.54, 1.807) is 0 Å². The summed E-state index contributed by atoms with van der Waals surface area (Å²) in [5.74, 6) is 0. The summed E-state index contributed by atoms with van der Waals surface area (Å²) in [7, 11) is 0. The van der Waals surface area contributed by atoms with Crippen molar-refractivity contribution < 1.29 is 5.11 Å². The second-order valence-electron chi connectivity index (χ2n) is 5.45. The number of aliphatic hydroxyl groups is 1. The molecule has 1 aromatic heterocycles. The Morgan fingerprint density at radius 3 is 2.50 bits per heavy atom. The number of aryl methyl sites for hydroxylation is 1. The summed E-state index contributed by atoms with van der Waals surface area (Å²) in [5.41, 5.74) is -0.457. The van der Waals surface area contributed by atoms with Crippen molar-refractivity contribution >= 4 is 11.3 Å². The van der Waals surface area contributed by atoms with Crippen LogP contribution in [0.15, 0.2) is 12.1 Å². The van der Waals surface area contributed by atoms with Gasteiger partial charge in [-0.05, 0) is 50.8 Å². The Kier molecular flexibility index (Phi) is 4.82. The summed E-state index contributed by atoms with van der Waals surface area (Å²) in [6, 6.07) is 5.01. The number of hydrogen-bond donors (Lipinski definition) is 2. The molecule has 0 aromatic carbocycles. The highest BCUT2D eigenvalue weighted by Gasteiger charge is 2.33. The van der Waals surface area contributed by atoms with E-state index in [9.17, 15) is 5.11 Å². The molecule has 0 amide bonds. The third-order valence-corrected chi connectivity index (χ3v) is 5.21. The molecule has 1 saturated carbocycles. The highest BCUT2D eigenvalue weighted by atomic mass is 32.1. The first-order valence-electron chi connectivity index (χ1n) is 7.18. The minimum absolute atomic E-state index is 0.457. The molecule has 2 rings (SSSR count). The van der Waals surface area contributed by atoms with Gasteiger partial charge in [0.25, 0.3) is 0 Å². The monoisotopic (exact) mass is 267 g/mol. The van der Waals surface area contributed by atoms with Gasteiger partial charge >= 0.3 is 0 Å². The lowest BCUT2D eigenvalue weighted by molar-refractivity contribution is -0.00228. The molecule has 2 nitrogen and oxygen atoms in total. The van der Waals surface area contributed by atoms with E-state index in [1.807, 2.05) is 11.3 Å². The third kappa shape index (κ3) is 3.56. The summed E-state index contributed by atoms with van der Waals surface area (Å²) in [6.45, 7) is 5.37. The van der Waals surface area contributed by atoms with Crippen molar-refractivity contribution in [1.82, 2.24) is 5.32 Å². The zero-order valence-corrected chi connectivity index (χ0v) is 12.4. The van der Waals surface area contributed by atoms with Crippen LogP contribution in [0.3, 0.4) is 0 Å². The molecule has 2 N–H and O–H groups in total. The van der Waals surface area contributed by atoms with E-state index in [2.05, 4.69) is 31.3 Å². The van der Waals surface area contributed by atoms with Crippen LogP contribution >= 0.6 is 11.3 Å². The van der Waals surface area contributed by atoms with Gasteiger partial charge in [0.15, 0.2) is 0 Å². The number of thiophene rings is 1. The van der Waals surface area contributed by atoms with Crippen LogP contribution < -0.4 is 5.32 Å². The van der Waals surface area contributed by atoms with Crippen molar-refractivity contribution in [2.75, 3.05) is 6.54 Å². The fourth-order valence-corrected chi connectivity index (χ4v) is 3.95. The first kappa shape index (κ1) is 14.0. The summed E-state index contributed by atoms with van der Waals surface area (Å²) in [5, 5.41) is 14.2. The summed E-state index contributed by atoms with van der Waals surface area (Å²) in [6.07, 6.45) is 6.03. The van der Waals surface area contributed by atoms with E-state index < -0.39 is 5.60 Å². The van der Waals surface area contributed by atoms with Crippen LogP contribution in [0.4, 0.5) is 0 Å². The van der Waals surface area contributed by atoms with Crippen molar-refractivity contribution in [1.29, 1.82) is 0 Å². The quantitative estimate of drug-likeness (QED) is 0.859. The van der Waals surface area contributed by atoms with Gasteiger partial charge in [-0.2, -0.15) is 0 Å². The maximum atomic E-state index is 10.7. The Bertz CT molecular complexity index is 366. The number of rotatable bonds is 5. The SMILES string of the molecule is CCNC1CCC(O)(Cc2ccc(CC)s2)CC1. The molecular formula is C15H25NOS. The average molecular weight is 267 g/mol. The van der Waals surface area contributed by atoms with Crippen LogP contribution in [0.25, 0.3) is 0 Å². The van der Waals surface area contributed by atoms with Crippen LogP contribution in [-0.2, 0) is 12.8 Å². The lowest BCUT2D eigenvalue weighted by Gasteiger charge is -2.36. The van der Waals surface area contributed by atoms with Crippen LogP contribution in [0.2, 0.25) is 0 Å². The van der Waals surface area contributed by atoms with Gasteiger partial charge in [-0.3, -0.25) is 0 Å². The van der Waals surface area contributed by atoms with Crippen LogP contribution in [0.1, 0.15) is 49.3 Å². The topological polar surface area (TPSA) is 32.3 Å². The zero-order valence-electron chi connectivity index (χ0n) is 11.5. The number of hydrogen-bond acceptors (Lipinski definition) is 3. The smallest absolute Gasteiger partial charge is 0.0697 e. The van der Waals surface area contributed by atoms with E-state index in [-0.39, 0.29) is 0 Å². The Morgan fingerprint density at radius 1 is 1.28 bits per heavy atom. The fourth-order valence-electron chi connectivity index (χ4n) is 2.86. The summed E-state index contributed by atoms with van der Waals surface area (Å²) in [4.78, 5) is 2.77. The Hall–Kier alpha value is -0.380. The molecule has 0 spiro atoms. The maximum Gasteiger partial charge on any atom is 0.0697 e. The first-order chi connectivity index (χ1) is 8.65. The molecule has 18 heavy (non-hydrogen) atoms. The van der Waals surface area contributed by atoms with Gasteiger partial charge in [0.2, 0.25) is 0 Å². The highest BCUT2D eigenvalue weighted by molar-refractivity contribution is 7.12. The predicted molar refractivity (Wildman–Crippen MR) is 78.3 cm³/mol. The lowest BCUT2D eigenvalue weighted by atomic mass is 9.80. The Balaban J connectivity index is 1.89. The van der Waals surface area contributed by atoms with Crippen molar-refractivity contribution in [2.24, 2.45) is 0 Å². The molecule has 1 aliphatic rings. The standard InChI is InChI=1S/C15H25NOS/c1-3-13-5-6-14(18-13)11-15(17)9-7-12(8-10-15)16-4-2/h5-6,12,16-17H,3-4,7-11H2,1-2H3. The molecule has 0 aliphatic heterocycles. The highest BCUT2D eigenvalue weighted by Crippen LogP contribution is 2.33. The van der Waals surface area contributed by atoms with Gasteiger partial charge in [0.05, 0.1) is 5.60 Å². The second kappa shape index (κ2) is 6.18. The second-order valence-corrected chi connectivity index (χ2v) is 6.71. The van der Waals surface area contributed by atoms with Gasteiger partial charge in [-0.15, -0.1) is 11.3 Å². The predicted octanol–water partition coefficient (Wildman–Crippen LogP) is 3.14. The molecule has 0 saturated heterocycles. The molecule has 0 radical (unpaired) electrons. The molecule has 1 aliphatic carbocycles. The molecule has 0 unspecified atom stereocenters. The zero-order chi connectivity index (χ0) is 13.0. The summed E-state index contributed by atoms with van der Waals surface area (Å²) < 4.78 is 0. The van der Waals surface area contributed by atoms with E-state index in [0.717, 1.165) is 45.1 Å². The van der Waals surface area contributed by atoms with E-state index in [0.29, 0.717) is 6.04 Å². The van der Waals surface area contributed by atoms with Gasteiger partial charge in [-0.1, -0.05) is 13.8 Å². The largest absolute Gasteiger partial charge is 0.390 e. The molecule has 1 aromatic rings. The minimum Gasteiger partial charge on any atom is -0.390 e.